The molecular formula is C22H29FN2O3. The van der Waals surface area contributed by atoms with Crippen molar-refractivity contribution in [1.29, 1.82) is 0 Å². The summed E-state index contributed by atoms with van der Waals surface area (Å²) in [5.74, 6) is 1.00. The minimum Gasteiger partial charge on any atom is -0.493 e. The second-order valence-corrected chi connectivity index (χ2v) is 6.85. The zero-order chi connectivity index (χ0) is 19.6. The zero-order valence-corrected chi connectivity index (χ0v) is 16.5. The second kappa shape index (κ2) is 11.0. The first kappa shape index (κ1) is 20.6. The molecule has 0 amide bonds. The van der Waals surface area contributed by atoms with Gasteiger partial charge in [-0.2, -0.15) is 0 Å². The van der Waals surface area contributed by atoms with Crippen LogP contribution in [0.2, 0.25) is 0 Å². The highest BCUT2D eigenvalue weighted by Crippen LogP contribution is 2.29. The van der Waals surface area contributed by atoms with Gasteiger partial charge in [-0.3, -0.25) is 4.90 Å². The summed E-state index contributed by atoms with van der Waals surface area (Å²) in [6, 6.07) is 12.5. The molecule has 6 heteroatoms. The Kier molecular flexibility index (Phi) is 8.08. The first-order valence-electron chi connectivity index (χ1n) is 9.80. The van der Waals surface area contributed by atoms with E-state index in [9.17, 15) is 4.39 Å². The highest BCUT2D eigenvalue weighted by Gasteiger charge is 2.10. The molecule has 0 bridgehead atoms. The molecule has 1 N–H and O–H groups in total. The van der Waals surface area contributed by atoms with Crippen LogP contribution in [0.25, 0.3) is 0 Å². The third-order valence-electron chi connectivity index (χ3n) is 4.83. The molecule has 1 fully saturated rings. The fourth-order valence-electron chi connectivity index (χ4n) is 3.20. The van der Waals surface area contributed by atoms with Crippen molar-refractivity contribution in [3.8, 4) is 11.5 Å². The summed E-state index contributed by atoms with van der Waals surface area (Å²) in [7, 11) is 1.62. The predicted octanol–water partition coefficient (Wildman–Crippen LogP) is 3.23. The molecule has 0 aliphatic carbocycles. The van der Waals surface area contributed by atoms with Crippen LogP contribution in [0, 0.1) is 5.82 Å². The molecule has 1 heterocycles. The van der Waals surface area contributed by atoms with Gasteiger partial charge in [0.25, 0.3) is 0 Å². The summed E-state index contributed by atoms with van der Waals surface area (Å²) >= 11 is 0. The molecule has 0 saturated carbocycles. The van der Waals surface area contributed by atoms with Crippen LogP contribution >= 0.6 is 0 Å². The van der Waals surface area contributed by atoms with Gasteiger partial charge in [-0.25, -0.2) is 4.39 Å². The number of ether oxygens (including phenoxy) is 3. The van der Waals surface area contributed by atoms with Crippen molar-refractivity contribution in [3.63, 3.8) is 0 Å². The standard InChI is InChI=1S/C22H29FN2O3/c1-26-22-15-18(16-24-9-4-10-25-11-13-27-14-12-25)7-8-21(22)28-17-19-5-2-3-6-20(19)23/h2-3,5-8,15,24H,4,9-14,16-17H2,1H3. The van der Waals surface area contributed by atoms with E-state index in [-0.39, 0.29) is 12.4 Å². The number of rotatable bonds is 10. The van der Waals surface area contributed by atoms with Gasteiger partial charge in [0, 0.05) is 25.2 Å². The summed E-state index contributed by atoms with van der Waals surface area (Å²) in [5, 5.41) is 3.47. The summed E-state index contributed by atoms with van der Waals surface area (Å²) in [6.07, 6.45) is 1.11. The van der Waals surface area contributed by atoms with Crippen LogP contribution < -0.4 is 14.8 Å². The molecule has 28 heavy (non-hydrogen) atoms. The average Bonchev–Trinajstić information content (AvgIpc) is 2.74. The molecule has 0 unspecified atom stereocenters. The fourth-order valence-corrected chi connectivity index (χ4v) is 3.20. The highest BCUT2D eigenvalue weighted by atomic mass is 19.1. The quantitative estimate of drug-likeness (QED) is 0.633. The van der Waals surface area contributed by atoms with Gasteiger partial charge in [0.1, 0.15) is 12.4 Å². The molecule has 152 valence electrons. The minimum atomic E-state index is -0.264. The van der Waals surface area contributed by atoms with Crippen LogP contribution in [0.15, 0.2) is 42.5 Å². The monoisotopic (exact) mass is 388 g/mol. The zero-order valence-electron chi connectivity index (χ0n) is 16.5. The van der Waals surface area contributed by atoms with E-state index in [0.717, 1.165) is 57.9 Å². The third kappa shape index (κ3) is 6.19. The van der Waals surface area contributed by atoms with E-state index in [1.165, 1.54) is 6.07 Å². The topological polar surface area (TPSA) is 43.0 Å². The van der Waals surface area contributed by atoms with Gasteiger partial charge in [-0.05, 0) is 43.3 Å². The molecule has 0 atom stereocenters. The molecule has 1 aliphatic heterocycles. The van der Waals surface area contributed by atoms with Crippen molar-refractivity contribution >= 4 is 0 Å². The molecule has 0 aromatic heterocycles. The number of nitrogens with zero attached hydrogens (tertiary/aromatic N) is 1. The van der Waals surface area contributed by atoms with Crippen molar-refractivity contribution in [2.75, 3.05) is 46.5 Å². The van der Waals surface area contributed by atoms with Crippen molar-refractivity contribution in [3.05, 3.63) is 59.4 Å². The minimum absolute atomic E-state index is 0.169. The van der Waals surface area contributed by atoms with Crippen molar-refractivity contribution in [2.24, 2.45) is 0 Å². The molecule has 2 aromatic carbocycles. The van der Waals surface area contributed by atoms with Gasteiger partial charge in [0.2, 0.25) is 0 Å². The van der Waals surface area contributed by atoms with Crippen LogP contribution in [-0.2, 0) is 17.9 Å². The molecule has 0 spiro atoms. The molecular weight excluding hydrogens is 359 g/mol. The summed E-state index contributed by atoms with van der Waals surface area (Å²) in [6.45, 7) is 6.76. The van der Waals surface area contributed by atoms with E-state index in [0.29, 0.717) is 17.1 Å². The smallest absolute Gasteiger partial charge is 0.161 e. The number of nitrogens with one attached hydrogen (secondary N) is 1. The van der Waals surface area contributed by atoms with Crippen molar-refractivity contribution < 1.29 is 18.6 Å². The number of hydrogen-bond donors (Lipinski definition) is 1. The molecule has 5 nitrogen and oxygen atoms in total. The summed E-state index contributed by atoms with van der Waals surface area (Å²) in [5.41, 5.74) is 1.65. The lowest BCUT2D eigenvalue weighted by Crippen LogP contribution is -2.37. The Morgan fingerprint density at radius 2 is 1.93 bits per heavy atom. The van der Waals surface area contributed by atoms with Gasteiger partial charge >= 0.3 is 0 Å². The van der Waals surface area contributed by atoms with Crippen LogP contribution in [0.1, 0.15) is 17.5 Å². The van der Waals surface area contributed by atoms with Gasteiger partial charge in [0.15, 0.2) is 11.5 Å². The second-order valence-electron chi connectivity index (χ2n) is 6.85. The van der Waals surface area contributed by atoms with E-state index in [4.69, 9.17) is 14.2 Å². The van der Waals surface area contributed by atoms with Gasteiger partial charge < -0.3 is 19.5 Å². The summed E-state index contributed by atoms with van der Waals surface area (Å²) < 4.78 is 30.3. The van der Waals surface area contributed by atoms with Crippen LogP contribution in [-0.4, -0.2) is 51.4 Å². The maximum Gasteiger partial charge on any atom is 0.161 e. The first-order chi connectivity index (χ1) is 13.8. The number of morpholine rings is 1. The van der Waals surface area contributed by atoms with E-state index < -0.39 is 0 Å². The lowest BCUT2D eigenvalue weighted by atomic mass is 10.2. The Balaban J connectivity index is 1.44. The number of benzene rings is 2. The maximum absolute atomic E-state index is 13.7. The lowest BCUT2D eigenvalue weighted by molar-refractivity contribution is 0.0374. The van der Waals surface area contributed by atoms with E-state index in [1.54, 1.807) is 25.3 Å². The maximum atomic E-state index is 13.7. The average molecular weight is 388 g/mol. The number of halogens is 1. The fraction of sp³-hybridized carbons (Fsp3) is 0.455. The Labute approximate surface area is 166 Å². The Bertz CT molecular complexity index is 735. The molecule has 2 aromatic rings. The molecule has 0 radical (unpaired) electrons. The van der Waals surface area contributed by atoms with Crippen LogP contribution in [0.5, 0.6) is 11.5 Å². The third-order valence-corrected chi connectivity index (χ3v) is 4.83. The predicted molar refractivity (Wildman–Crippen MR) is 107 cm³/mol. The molecule has 1 aliphatic rings. The number of hydrogen-bond acceptors (Lipinski definition) is 5. The van der Waals surface area contributed by atoms with E-state index in [1.807, 2.05) is 18.2 Å². The van der Waals surface area contributed by atoms with Crippen molar-refractivity contribution in [2.45, 2.75) is 19.6 Å². The van der Waals surface area contributed by atoms with Crippen LogP contribution in [0.3, 0.4) is 0 Å². The van der Waals surface area contributed by atoms with E-state index in [2.05, 4.69) is 10.2 Å². The van der Waals surface area contributed by atoms with Gasteiger partial charge in [0.05, 0.1) is 20.3 Å². The van der Waals surface area contributed by atoms with Gasteiger partial charge in [-0.1, -0.05) is 24.3 Å². The highest BCUT2D eigenvalue weighted by molar-refractivity contribution is 5.43. The van der Waals surface area contributed by atoms with Crippen LogP contribution in [0.4, 0.5) is 4.39 Å². The Hall–Kier alpha value is -2.15. The Morgan fingerprint density at radius 1 is 1.11 bits per heavy atom. The first-order valence-corrected chi connectivity index (χ1v) is 9.80. The molecule has 3 rings (SSSR count). The van der Waals surface area contributed by atoms with Gasteiger partial charge in [-0.15, -0.1) is 0 Å². The number of methoxy groups -OCH3 is 1. The SMILES string of the molecule is COc1cc(CNCCCN2CCOCC2)ccc1OCc1ccccc1F. The van der Waals surface area contributed by atoms with Crippen molar-refractivity contribution in [1.82, 2.24) is 10.2 Å². The summed E-state index contributed by atoms with van der Waals surface area (Å²) in [4.78, 5) is 2.44. The largest absolute Gasteiger partial charge is 0.493 e. The Morgan fingerprint density at radius 3 is 2.71 bits per heavy atom. The lowest BCUT2D eigenvalue weighted by Gasteiger charge is -2.26. The normalized spacial score (nSPS) is 14.8. The van der Waals surface area contributed by atoms with E-state index >= 15 is 0 Å². The molecule has 1 saturated heterocycles.